The van der Waals surface area contributed by atoms with Crippen molar-refractivity contribution in [2.75, 3.05) is 37.4 Å². The summed E-state index contributed by atoms with van der Waals surface area (Å²) in [4.78, 5) is 22.1. The van der Waals surface area contributed by atoms with E-state index < -0.39 is 0 Å². The van der Waals surface area contributed by atoms with Crippen LogP contribution in [0.25, 0.3) is 17.0 Å². The van der Waals surface area contributed by atoms with Crippen molar-refractivity contribution in [1.29, 1.82) is 0 Å². The molecule has 3 aromatic rings. The van der Waals surface area contributed by atoms with Gasteiger partial charge in [-0.25, -0.2) is 4.98 Å². The van der Waals surface area contributed by atoms with Gasteiger partial charge in [0.25, 0.3) is 0 Å². The Morgan fingerprint density at radius 2 is 1.94 bits per heavy atom. The second-order valence-electron chi connectivity index (χ2n) is 9.24. The van der Waals surface area contributed by atoms with E-state index in [0.717, 1.165) is 65.9 Å². The number of halogens is 1. The molecule has 34 heavy (non-hydrogen) atoms. The Morgan fingerprint density at radius 1 is 1.18 bits per heavy atom. The molecule has 6 heteroatoms. The van der Waals surface area contributed by atoms with Crippen LogP contribution in [-0.2, 0) is 11.2 Å². The van der Waals surface area contributed by atoms with Crippen molar-refractivity contribution < 1.29 is 4.79 Å². The van der Waals surface area contributed by atoms with Crippen LogP contribution in [0.5, 0.6) is 0 Å². The Morgan fingerprint density at radius 3 is 2.62 bits per heavy atom. The van der Waals surface area contributed by atoms with Gasteiger partial charge < -0.3 is 15.1 Å². The van der Waals surface area contributed by atoms with E-state index in [9.17, 15) is 4.79 Å². The summed E-state index contributed by atoms with van der Waals surface area (Å²) >= 11 is 6.33. The first kappa shape index (κ1) is 24.2. The second kappa shape index (κ2) is 10.6. The van der Waals surface area contributed by atoms with Crippen molar-refractivity contribution >= 4 is 46.0 Å². The smallest absolute Gasteiger partial charge is 0.248 e. The molecule has 178 valence electrons. The van der Waals surface area contributed by atoms with Crippen molar-refractivity contribution in [3.63, 3.8) is 0 Å². The minimum Gasteiger partial charge on any atom is -0.356 e. The van der Waals surface area contributed by atoms with Crippen molar-refractivity contribution in [3.8, 4) is 0 Å². The highest BCUT2D eigenvalue weighted by molar-refractivity contribution is 6.32. The summed E-state index contributed by atoms with van der Waals surface area (Å²) in [6.45, 7) is 6.23. The second-order valence-corrected chi connectivity index (χ2v) is 9.65. The number of rotatable bonds is 6. The highest BCUT2D eigenvalue weighted by atomic mass is 35.5. The van der Waals surface area contributed by atoms with Gasteiger partial charge in [0.15, 0.2) is 0 Å². The summed E-state index contributed by atoms with van der Waals surface area (Å²) in [5, 5.41) is 4.65. The maximum Gasteiger partial charge on any atom is 0.248 e. The van der Waals surface area contributed by atoms with Gasteiger partial charge in [0.2, 0.25) is 5.91 Å². The number of amides is 1. The molecule has 1 aliphatic heterocycles. The average molecular weight is 477 g/mol. The number of carbonyl (C=O) groups excluding carboxylic acids is 1. The SMILES string of the molecule is CCc1ccc(/C=C/C(=O)Nc2ccc3nc(N4CCC(N(C)C)CC4)cc(C)c3c2)c(Cl)c1. The Hall–Kier alpha value is -2.89. The molecule has 5 nitrogen and oxygen atoms in total. The molecular weight excluding hydrogens is 444 g/mol. The van der Waals surface area contributed by atoms with Crippen LogP contribution in [0.3, 0.4) is 0 Å². The molecule has 0 radical (unpaired) electrons. The fraction of sp³-hybridized carbons (Fsp3) is 0.357. The van der Waals surface area contributed by atoms with Gasteiger partial charge in [-0.3, -0.25) is 4.79 Å². The highest BCUT2D eigenvalue weighted by Gasteiger charge is 2.22. The number of nitrogens with zero attached hydrogens (tertiary/aromatic N) is 3. The molecule has 0 bridgehead atoms. The molecule has 0 aliphatic carbocycles. The first-order chi connectivity index (χ1) is 16.3. The minimum absolute atomic E-state index is 0.194. The predicted octanol–water partition coefficient (Wildman–Crippen LogP) is 5.94. The van der Waals surface area contributed by atoms with E-state index >= 15 is 0 Å². The van der Waals surface area contributed by atoms with Crippen LogP contribution in [0.4, 0.5) is 11.5 Å². The minimum atomic E-state index is -0.194. The number of benzene rings is 2. The quantitative estimate of drug-likeness (QED) is 0.447. The Labute approximate surface area is 207 Å². The standard InChI is InChI=1S/C28H33ClN4O/c1-5-20-6-7-21(25(29)17-20)8-11-28(34)30-22-9-10-26-24(18-22)19(2)16-27(31-26)33-14-12-23(13-15-33)32(3)4/h6-11,16-18,23H,5,12-15H2,1-4H3,(H,30,34)/b11-8+. The summed E-state index contributed by atoms with van der Waals surface area (Å²) in [7, 11) is 4.31. The lowest BCUT2D eigenvalue weighted by atomic mass is 10.0. The molecule has 2 aromatic carbocycles. The maximum atomic E-state index is 12.5. The zero-order valence-electron chi connectivity index (χ0n) is 20.4. The number of piperidine rings is 1. The van der Waals surface area contributed by atoms with E-state index in [1.807, 2.05) is 36.4 Å². The molecule has 0 spiro atoms. The lowest BCUT2D eigenvalue weighted by Crippen LogP contribution is -2.42. The van der Waals surface area contributed by atoms with Crippen LogP contribution in [-0.4, -0.2) is 49.0 Å². The van der Waals surface area contributed by atoms with Gasteiger partial charge >= 0.3 is 0 Å². The number of aromatic nitrogens is 1. The fourth-order valence-corrected chi connectivity index (χ4v) is 4.77. The monoisotopic (exact) mass is 476 g/mol. The zero-order chi connectivity index (χ0) is 24.2. The van der Waals surface area contributed by atoms with Gasteiger partial charge in [0.05, 0.1) is 5.52 Å². The van der Waals surface area contributed by atoms with Gasteiger partial charge in [-0.15, -0.1) is 0 Å². The predicted molar refractivity (Wildman–Crippen MR) is 144 cm³/mol. The molecule has 1 amide bonds. The third-order valence-electron chi connectivity index (χ3n) is 6.68. The van der Waals surface area contributed by atoms with Crippen LogP contribution in [0.2, 0.25) is 5.02 Å². The zero-order valence-corrected chi connectivity index (χ0v) is 21.2. The van der Waals surface area contributed by atoms with E-state index in [-0.39, 0.29) is 5.91 Å². The van der Waals surface area contributed by atoms with Crippen LogP contribution in [0.1, 0.15) is 36.5 Å². The van der Waals surface area contributed by atoms with E-state index in [1.54, 1.807) is 6.08 Å². The van der Waals surface area contributed by atoms with Crippen molar-refractivity contribution in [2.24, 2.45) is 0 Å². The van der Waals surface area contributed by atoms with Crippen LogP contribution in [0, 0.1) is 6.92 Å². The number of anilines is 2. The molecule has 1 saturated heterocycles. The summed E-state index contributed by atoms with van der Waals surface area (Å²) < 4.78 is 0. The van der Waals surface area contributed by atoms with E-state index in [2.05, 4.69) is 49.1 Å². The van der Waals surface area contributed by atoms with Crippen LogP contribution >= 0.6 is 11.6 Å². The first-order valence-electron chi connectivity index (χ1n) is 11.9. The van der Waals surface area contributed by atoms with Crippen LogP contribution in [0.15, 0.2) is 48.5 Å². The number of fused-ring (bicyclic) bond motifs is 1. The van der Waals surface area contributed by atoms with E-state index in [0.29, 0.717) is 11.1 Å². The normalized spacial score (nSPS) is 14.9. The summed E-state index contributed by atoms with van der Waals surface area (Å²) in [6, 6.07) is 14.6. The van der Waals surface area contributed by atoms with Gasteiger partial charge in [-0.2, -0.15) is 0 Å². The summed E-state index contributed by atoms with van der Waals surface area (Å²) in [5.74, 6) is 0.842. The molecule has 0 unspecified atom stereocenters. The van der Waals surface area contributed by atoms with E-state index in [4.69, 9.17) is 16.6 Å². The lowest BCUT2D eigenvalue weighted by Gasteiger charge is -2.36. The van der Waals surface area contributed by atoms with Crippen molar-refractivity contribution in [1.82, 2.24) is 9.88 Å². The molecule has 0 atom stereocenters. The molecule has 1 fully saturated rings. The molecule has 2 heterocycles. The fourth-order valence-electron chi connectivity index (χ4n) is 4.50. The Bertz CT molecular complexity index is 1210. The number of pyridine rings is 1. The van der Waals surface area contributed by atoms with Crippen LogP contribution < -0.4 is 10.2 Å². The molecule has 1 aliphatic rings. The van der Waals surface area contributed by atoms with Gasteiger partial charge in [0, 0.05) is 41.3 Å². The number of hydrogen-bond donors (Lipinski definition) is 1. The molecule has 1 aromatic heterocycles. The van der Waals surface area contributed by atoms with Gasteiger partial charge in [-0.1, -0.05) is 30.7 Å². The van der Waals surface area contributed by atoms with Gasteiger partial charge in [-0.05, 0) is 93.4 Å². The third-order valence-corrected chi connectivity index (χ3v) is 7.00. The van der Waals surface area contributed by atoms with Crippen molar-refractivity contribution in [2.45, 2.75) is 39.2 Å². The number of carbonyl (C=O) groups is 1. The molecule has 1 N–H and O–H groups in total. The van der Waals surface area contributed by atoms with Crippen molar-refractivity contribution in [3.05, 3.63) is 70.3 Å². The summed E-state index contributed by atoms with van der Waals surface area (Å²) in [6.07, 6.45) is 6.49. The first-order valence-corrected chi connectivity index (χ1v) is 12.3. The lowest BCUT2D eigenvalue weighted by molar-refractivity contribution is -0.111. The highest BCUT2D eigenvalue weighted by Crippen LogP contribution is 2.27. The Balaban J connectivity index is 1.46. The average Bonchev–Trinajstić information content (AvgIpc) is 2.83. The molecule has 0 saturated carbocycles. The number of aryl methyl sites for hydroxylation is 2. The maximum absolute atomic E-state index is 12.5. The topological polar surface area (TPSA) is 48.5 Å². The van der Waals surface area contributed by atoms with Gasteiger partial charge in [0.1, 0.15) is 5.82 Å². The van der Waals surface area contributed by atoms with E-state index in [1.165, 1.54) is 11.6 Å². The largest absolute Gasteiger partial charge is 0.356 e. The number of nitrogens with one attached hydrogen (secondary N) is 1. The molecule has 4 rings (SSSR count). The summed E-state index contributed by atoms with van der Waals surface area (Å²) in [5.41, 5.74) is 4.85. The number of hydrogen-bond acceptors (Lipinski definition) is 4. The molecular formula is C28H33ClN4O. The third kappa shape index (κ3) is 5.60. The Kier molecular flexibility index (Phi) is 7.54.